The number of rotatable bonds is 7. The summed E-state index contributed by atoms with van der Waals surface area (Å²) in [5, 5.41) is 12.2. The molecule has 4 rings (SSSR count). The van der Waals surface area contributed by atoms with E-state index in [0.29, 0.717) is 22.6 Å². The summed E-state index contributed by atoms with van der Waals surface area (Å²) in [6.07, 6.45) is 0. The molecule has 2 aromatic carbocycles. The predicted octanol–water partition coefficient (Wildman–Crippen LogP) is 5.64. The van der Waals surface area contributed by atoms with Gasteiger partial charge in [0.2, 0.25) is 5.91 Å². The molecule has 0 atom stereocenters. The van der Waals surface area contributed by atoms with E-state index in [0.717, 1.165) is 26.9 Å². The Kier molecular flexibility index (Phi) is 6.34. The number of hydrogen-bond acceptors (Lipinski definition) is 8. The van der Waals surface area contributed by atoms with Gasteiger partial charge in [-0.3, -0.25) is 4.79 Å². The number of thiazole rings is 1. The van der Waals surface area contributed by atoms with Crippen LogP contribution in [0.15, 0.2) is 58.2 Å². The number of nitrogens with one attached hydrogen (secondary N) is 1. The van der Waals surface area contributed by atoms with Crippen LogP contribution in [-0.4, -0.2) is 26.8 Å². The zero-order valence-electron chi connectivity index (χ0n) is 17.2. The Morgan fingerprint density at radius 1 is 1.10 bits per heavy atom. The Hall–Kier alpha value is -3.17. The van der Waals surface area contributed by atoms with Crippen molar-refractivity contribution in [2.24, 2.45) is 0 Å². The van der Waals surface area contributed by atoms with Gasteiger partial charge in [0.05, 0.1) is 16.5 Å². The van der Waals surface area contributed by atoms with Gasteiger partial charge >= 0.3 is 0 Å². The van der Waals surface area contributed by atoms with Crippen LogP contribution in [0.3, 0.4) is 0 Å². The lowest BCUT2D eigenvalue weighted by molar-refractivity contribution is -0.113. The van der Waals surface area contributed by atoms with Crippen LogP contribution in [0.4, 0.5) is 5.69 Å². The lowest BCUT2D eigenvalue weighted by Crippen LogP contribution is -2.13. The molecule has 0 saturated carbocycles. The van der Waals surface area contributed by atoms with Crippen molar-refractivity contribution in [2.45, 2.75) is 26.0 Å². The highest BCUT2D eigenvalue weighted by Crippen LogP contribution is 2.30. The van der Waals surface area contributed by atoms with E-state index in [1.54, 1.807) is 12.1 Å². The zero-order valence-corrected chi connectivity index (χ0v) is 18.8. The second kappa shape index (κ2) is 9.32. The first-order chi connectivity index (χ1) is 15.0. The van der Waals surface area contributed by atoms with E-state index < -0.39 is 0 Å². The largest absolute Gasteiger partial charge is 0.457 e. The number of anilines is 1. The maximum Gasteiger partial charge on any atom is 0.277 e. The SMILES string of the molecule is Cc1cccc(Oc2ccc(NC(=O)CSc3nnc(-c4sc(C)nc4C)o3)cc2)c1. The van der Waals surface area contributed by atoms with Crippen LogP contribution in [0.25, 0.3) is 10.8 Å². The predicted molar refractivity (Wildman–Crippen MR) is 122 cm³/mol. The third-order valence-electron chi connectivity index (χ3n) is 4.19. The first kappa shape index (κ1) is 21.1. The maximum atomic E-state index is 12.3. The molecule has 158 valence electrons. The van der Waals surface area contributed by atoms with Crippen molar-refractivity contribution in [2.75, 3.05) is 11.1 Å². The Morgan fingerprint density at radius 2 is 1.90 bits per heavy atom. The number of aryl methyl sites for hydroxylation is 3. The van der Waals surface area contributed by atoms with Crippen molar-refractivity contribution >= 4 is 34.7 Å². The average Bonchev–Trinajstić information content (AvgIpc) is 3.33. The zero-order chi connectivity index (χ0) is 21.8. The first-order valence-corrected chi connectivity index (χ1v) is 11.3. The molecule has 0 bridgehead atoms. The third kappa shape index (κ3) is 5.50. The quantitative estimate of drug-likeness (QED) is 0.363. The van der Waals surface area contributed by atoms with Crippen LogP contribution in [0, 0.1) is 20.8 Å². The van der Waals surface area contributed by atoms with Gasteiger partial charge in [-0.1, -0.05) is 23.9 Å². The van der Waals surface area contributed by atoms with Crippen molar-refractivity contribution in [3.05, 3.63) is 64.8 Å². The molecular formula is C22H20N4O3S2. The normalized spacial score (nSPS) is 10.8. The molecule has 0 unspecified atom stereocenters. The van der Waals surface area contributed by atoms with Crippen molar-refractivity contribution < 1.29 is 13.9 Å². The second-order valence-corrected chi connectivity index (χ2v) is 8.93. The van der Waals surface area contributed by atoms with Crippen LogP contribution >= 0.6 is 23.1 Å². The third-order valence-corrected chi connectivity index (χ3v) is 6.07. The summed E-state index contributed by atoms with van der Waals surface area (Å²) in [4.78, 5) is 17.5. The summed E-state index contributed by atoms with van der Waals surface area (Å²) in [6.45, 7) is 5.85. The van der Waals surface area contributed by atoms with E-state index in [-0.39, 0.29) is 11.7 Å². The van der Waals surface area contributed by atoms with Crippen molar-refractivity contribution in [1.29, 1.82) is 0 Å². The molecule has 0 radical (unpaired) electrons. The fraction of sp³-hybridized carbons (Fsp3) is 0.182. The van der Waals surface area contributed by atoms with Crippen molar-refractivity contribution in [1.82, 2.24) is 15.2 Å². The first-order valence-electron chi connectivity index (χ1n) is 9.51. The number of hydrogen-bond donors (Lipinski definition) is 1. The average molecular weight is 453 g/mol. The number of amides is 1. The monoisotopic (exact) mass is 452 g/mol. The van der Waals surface area contributed by atoms with E-state index in [4.69, 9.17) is 9.15 Å². The number of thioether (sulfide) groups is 1. The van der Waals surface area contributed by atoms with Gasteiger partial charge in [0.25, 0.3) is 11.1 Å². The highest BCUT2D eigenvalue weighted by Gasteiger charge is 2.16. The van der Waals surface area contributed by atoms with Crippen molar-refractivity contribution in [3.8, 4) is 22.3 Å². The Morgan fingerprint density at radius 3 is 2.61 bits per heavy atom. The summed E-state index contributed by atoms with van der Waals surface area (Å²) in [6, 6.07) is 15.1. The highest BCUT2D eigenvalue weighted by atomic mass is 32.2. The van der Waals surface area contributed by atoms with E-state index in [9.17, 15) is 4.79 Å². The summed E-state index contributed by atoms with van der Waals surface area (Å²) < 4.78 is 11.5. The molecule has 9 heteroatoms. The van der Waals surface area contributed by atoms with Crippen LogP contribution in [-0.2, 0) is 4.79 Å². The molecule has 7 nitrogen and oxygen atoms in total. The maximum absolute atomic E-state index is 12.3. The smallest absolute Gasteiger partial charge is 0.277 e. The van der Waals surface area contributed by atoms with Gasteiger partial charge in [0.15, 0.2) is 0 Å². The van der Waals surface area contributed by atoms with Crippen LogP contribution < -0.4 is 10.1 Å². The van der Waals surface area contributed by atoms with Gasteiger partial charge in [0, 0.05) is 5.69 Å². The second-order valence-electron chi connectivity index (χ2n) is 6.80. The summed E-state index contributed by atoms with van der Waals surface area (Å²) in [7, 11) is 0. The van der Waals surface area contributed by atoms with E-state index in [1.807, 2.05) is 57.2 Å². The number of aromatic nitrogens is 3. The molecule has 0 spiro atoms. The molecule has 0 fully saturated rings. The molecule has 1 amide bonds. The topological polar surface area (TPSA) is 90.1 Å². The minimum Gasteiger partial charge on any atom is -0.457 e. The van der Waals surface area contributed by atoms with Gasteiger partial charge in [-0.2, -0.15) is 0 Å². The standard InChI is InChI=1S/C22H20N4O3S2/c1-13-5-4-6-18(11-13)28-17-9-7-16(8-10-17)24-19(27)12-30-22-26-25-21(29-22)20-14(2)23-15(3)31-20/h4-11H,12H2,1-3H3,(H,24,27). The number of carbonyl (C=O) groups is 1. The number of ether oxygens (including phenoxy) is 1. The number of carbonyl (C=O) groups excluding carboxylic acids is 1. The number of nitrogens with zero attached hydrogens (tertiary/aromatic N) is 3. The lowest BCUT2D eigenvalue weighted by Gasteiger charge is -2.08. The highest BCUT2D eigenvalue weighted by molar-refractivity contribution is 7.99. The van der Waals surface area contributed by atoms with Gasteiger partial charge in [-0.15, -0.1) is 21.5 Å². The lowest BCUT2D eigenvalue weighted by atomic mass is 10.2. The van der Waals surface area contributed by atoms with E-state index in [2.05, 4.69) is 20.5 Å². The molecule has 0 aliphatic rings. The van der Waals surface area contributed by atoms with Gasteiger partial charge in [0.1, 0.15) is 16.4 Å². The minimum atomic E-state index is -0.165. The van der Waals surface area contributed by atoms with E-state index >= 15 is 0 Å². The van der Waals surface area contributed by atoms with Crippen LogP contribution in [0.1, 0.15) is 16.3 Å². The van der Waals surface area contributed by atoms with Crippen LogP contribution in [0.5, 0.6) is 11.5 Å². The number of benzene rings is 2. The molecule has 1 N–H and O–H groups in total. The molecular weight excluding hydrogens is 432 g/mol. The van der Waals surface area contributed by atoms with Gasteiger partial charge < -0.3 is 14.5 Å². The van der Waals surface area contributed by atoms with Gasteiger partial charge in [-0.05, 0) is 62.7 Å². The van der Waals surface area contributed by atoms with E-state index in [1.165, 1.54) is 23.1 Å². The fourth-order valence-electron chi connectivity index (χ4n) is 2.84. The molecule has 2 heterocycles. The molecule has 0 aliphatic heterocycles. The van der Waals surface area contributed by atoms with Gasteiger partial charge in [-0.25, -0.2) is 4.98 Å². The minimum absolute atomic E-state index is 0.157. The fourth-order valence-corrected chi connectivity index (χ4v) is 4.24. The summed E-state index contributed by atoms with van der Waals surface area (Å²) >= 11 is 2.69. The Balaban J connectivity index is 1.29. The van der Waals surface area contributed by atoms with Crippen LogP contribution in [0.2, 0.25) is 0 Å². The molecule has 2 aromatic heterocycles. The molecule has 0 aliphatic carbocycles. The molecule has 31 heavy (non-hydrogen) atoms. The molecule has 0 saturated heterocycles. The Labute approximate surface area is 187 Å². The Bertz CT molecular complexity index is 1200. The molecule has 4 aromatic rings. The van der Waals surface area contributed by atoms with Crippen molar-refractivity contribution in [3.63, 3.8) is 0 Å². The summed E-state index contributed by atoms with van der Waals surface area (Å²) in [5.74, 6) is 1.89. The summed E-state index contributed by atoms with van der Waals surface area (Å²) in [5.41, 5.74) is 2.67.